The number of pyridine rings is 1. The number of rotatable bonds is 6. The van der Waals surface area contributed by atoms with Gasteiger partial charge in [-0.25, -0.2) is 4.98 Å². The molecule has 2 aliphatic heterocycles. The Kier molecular flexibility index (Phi) is 7.10. The lowest BCUT2D eigenvalue weighted by atomic mass is 9.96. The highest BCUT2D eigenvalue weighted by Crippen LogP contribution is 2.25. The Morgan fingerprint density at radius 2 is 2.03 bits per heavy atom. The number of aromatic nitrogens is 1. The molecule has 1 aromatic heterocycles. The van der Waals surface area contributed by atoms with E-state index in [1.165, 1.54) is 5.56 Å². The summed E-state index contributed by atoms with van der Waals surface area (Å²) < 4.78 is 1.07. The number of amides is 2. The lowest BCUT2D eigenvalue weighted by Crippen LogP contribution is -2.51. The molecular formula is C24H30BrN5O2. The van der Waals surface area contributed by atoms with Gasteiger partial charge in [-0.1, -0.05) is 34.1 Å². The summed E-state index contributed by atoms with van der Waals surface area (Å²) in [5.41, 5.74) is 8.71. The summed E-state index contributed by atoms with van der Waals surface area (Å²) >= 11 is 3.47. The highest BCUT2D eigenvalue weighted by molar-refractivity contribution is 9.10. The fourth-order valence-corrected chi connectivity index (χ4v) is 4.97. The summed E-state index contributed by atoms with van der Waals surface area (Å²) in [4.78, 5) is 32.1. The minimum atomic E-state index is -0.406. The van der Waals surface area contributed by atoms with Gasteiger partial charge in [0.05, 0.1) is 6.04 Å². The molecule has 2 aromatic rings. The molecule has 0 saturated carbocycles. The lowest BCUT2D eigenvalue weighted by molar-refractivity contribution is -0.139. The third-order valence-corrected chi connectivity index (χ3v) is 6.99. The second-order valence-corrected chi connectivity index (χ2v) is 9.70. The first kappa shape index (κ1) is 22.7. The number of benzene rings is 1. The Balaban J connectivity index is 1.31. The predicted molar refractivity (Wildman–Crippen MR) is 128 cm³/mol. The van der Waals surface area contributed by atoms with Crippen molar-refractivity contribution in [3.8, 4) is 0 Å². The molecule has 2 amide bonds. The fraction of sp³-hybridized carbons (Fsp3) is 0.458. The van der Waals surface area contributed by atoms with Crippen LogP contribution < -0.4 is 16.4 Å². The Bertz CT molecular complexity index is 981. The van der Waals surface area contributed by atoms with Gasteiger partial charge in [0.2, 0.25) is 11.8 Å². The normalized spacial score (nSPS) is 22.8. The molecule has 2 fully saturated rings. The Morgan fingerprint density at radius 1 is 1.25 bits per heavy atom. The zero-order valence-corrected chi connectivity index (χ0v) is 19.9. The number of nitrogens with zero attached hydrogens (tertiary/aromatic N) is 2. The van der Waals surface area contributed by atoms with Gasteiger partial charge >= 0.3 is 0 Å². The van der Waals surface area contributed by atoms with Gasteiger partial charge in [0.15, 0.2) is 0 Å². The first-order chi connectivity index (χ1) is 15.4. The summed E-state index contributed by atoms with van der Waals surface area (Å²) in [6.07, 6.45) is 3.30. The third-order valence-electron chi connectivity index (χ3n) is 6.47. The molecule has 4 rings (SSSR count). The monoisotopic (exact) mass is 499 g/mol. The molecular weight excluding hydrogens is 470 g/mol. The van der Waals surface area contributed by atoms with Crippen molar-refractivity contribution in [3.05, 3.63) is 57.7 Å². The standard InChI is InChI=1S/C24H30BrN5O2/c1-15-18(6-9-22(26)29-15)14-28-23(31)21-3-2-10-30(21)24(32)20-12-17(13-27-20)11-16-4-7-19(25)8-5-16/h4-9,17,20-21,27H,2-3,10-14H2,1H3,(H2,26,29)(H,28,31)/t17-,20+,21?/m0/s1. The van der Waals surface area contributed by atoms with Crippen molar-refractivity contribution in [1.29, 1.82) is 0 Å². The van der Waals surface area contributed by atoms with Crippen molar-refractivity contribution in [2.45, 2.75) is 51.2 Å². The first-order valence-corrected chi connectivity index (χ1v) is 12.0. The maximum absolute atomic E-state index is 13.2. The van der Waals surface area contributed by atoms with Gasteiger partial charge in [0, 0.05) is 23.3 Å². The maximum atomic E-state index is 13.2. The minimum Gasteiger partial charge on any atom is -0.384 e. The van der Waals surface area contributed by atoms with E-state index in [0.717, 1.165) is 41.5 Å². The van der Waals surface area contributed by atoms with Crippen LogP contribution in [0.25, 0.3) is 0 Å². The van der Waals surface area contributed by atoms with E-state index in [0.29, 0.717) is 31.2 Å². The molecule has 2 saturated heterocycles. The molecule has 2 aliphatic rings. The van der Waals surface area contributed by atoms with Gasteiger partial charge in [-0.2, -0.15) is 0 Å². The highest BCUT2D eigenvalue weighted by Gasteiger charge is 2.39. The van der Waals surface area contributed by atoms with E-state index in [4.69, 9.17) is 5.73 Å². The summed E-state index contributed by atoms with van der Waals surface area (Å²) in [5, 5.41) is 6.38. The molecule has 0 spiro atoms. The summed E-state index contributed by atoms with van der Waals surface area (Å²) in [6, 6.07) is 11.3. The minimum absolute atomic E-state index is 0.0475. The van der Waals surface area contributed by atoms with Crippen LogP contribution in [-0.2, 0) is 22.6 Å². The first-order valence-electron chi connectivity index (χ1n) is 11.2. The molecule has 3 heterocycles. The van der Waals surface area contributed by atoms with Crippen LogP contribution in [0.1, 0.15) is 36.1 Å². The second-order valence-electron chi connectivity index (χ2n) is 8.78. The summed E-state index contributed by atoms with van der Waals surface area (Å²) in [6.45, 7) is 3.71. The van der Waals surface area contributed by atoms with E-state index in [9.17, 15) is 9.59 Å². The molecule has 7 nitrogen and oxygen atoms in total. The predicted octanol–water partition coefficient (Wildman–Crippen LogP) is 2.56. The van der Waals surface area contributed by atoms with Crippen LogP contribution in [0.5, 0.6) is 0 Å². The molecule has 8 heteroatoms. The van der Waals surface area contributed by atoms with E-state index in [2.05, 4.69) is 55.8 Å². The SMILES string of the molecule is Cc1nc(N)ccc1CNC(=O)C1CCCN1C(=O)[C@H]1C[C@H](Cc2ccc(Br)cc2)CN1. The number of nitrogens with one attached hydrogen (secondary N) is 2. The van der Waals surface area contributed by atoms with Crippen molar-refractivity contribution in [1.82, 2.24) is 20.5 Å². The van der Waals surface area contributed by atoms with Gasteiger partial charge in [-0.3, -0.25) is 9.59 Å². The Labute approximate surface area is 197 Å². The molecule has 0 radical (unpaired) electrons. The number of carbonyl (C=O) groups excluding carboxylic acids is 2. The zero-order chi connectivity index (χ0) is 22.7. The largest absolute Gasteiger partial charge is 0.384 e. The van der Waals surface area contributed by atoms with E-state index in [1.54, 1.807) is 11.0 Å². The van der Waals surface area contributed by atoms with Crippen LogP contribution in [0, 0.1) is 12.8 Å². The van der Waals surface area contributed by atoms with E-state index >= 15 is 0 Å². The third kappa shape index (κ3) is 5.30. The zero-order valence-electron chi connectivity index (χ0n) is 18.3. The number of nitrogens with two attached hydrogens (primary N) is 1. The van der Waals surface area contributed by atoms with Gasteiger partial charge < -0.3 is 21.3 Å². The van der Waals surface area contributed by atoms with Crippen LogP contribution in [0.2, 0.25) is 0 Å². The van der Waals surface area contributed by atoms with Crippen molar-refractivity contribution < 1.29 is 9.59 Å². The topological polar surface area (TPSA) is 100 Å². The number of anilines is 1. The molecule has 4 N–H and O–H groups in total. The maximum Gasteiger partial charge on any atom is 0.243 e. The Morgan fingerprint density at radius 3 is 2.78 bits per heavy atom. The van der Waals surface area contributed by atoms with Gasteiger partial charge in [0.1, 0.15) is 11.9 Å². The number of hydrogen-bond acceptors (Lipinski definition) is 5. The number of likely N-dealkylation sites (tertiary alicyclic amines) is 1. The van der Waals surface area contributed by atoms with Gasteiger partial charge in [-0.15, -0.1) is 0 Å². The number of halogens is 1. The van der Waals surface area contributed by atoms with Crippen LogP contribution in [0.3, 0.4) is 0 Å². The molecule has 170 valence electrons. The van der Waals surface area contributed by atoms with Crippen LogP contribution in [-0.4, -0.2) is 46.9 Å². The van der Waals surface area contributed by atoms with Crippen molar-refractivity contribution in [2.75, 3.05) is 18.8 Å². The van der Waals surface area contributed by atoms with Gasteiger partial charge in [-0.05, 0) is 74.4 Å². The smallest absolute Gasteiger partial charge is 0.243 e. The molecule has 0 bridgehead atoms. The number of aryl methyl sites for hydroxylation is 1. The molecule has 1 unspecified atom stereocenters. The lowest BCUT2D eigenvalue weighted by Gasteiger charge is -2.27. The highest BCUT2D eigenvalue weighted by atomic mass is 79.9. The number of nitrogen functional groups attached to an aromatic ring is 1. The summed E-state index contributed by atoms with van der Waals surface area (Å²) in [5.74, 6) is 0.830. The van der Waals surface area contributed by atoms with E-state index < -0.39 is 6.04 Å². The fourth-order valence-electron chi connectivity index (χ4n) is 4.71. The quantitative estimate of drug-likeness (QED) is 0.566. The van der Waals surface area contributed by atoms with Crippen molar-refractivity contribution >= 4 is 33.6 Å². The molecule has 32 heavy (non-hydrogen) atoms. The molecule has 3 atom stereocenters. The van der Waals surface area contributed by atoms with Gasteiger partial charge in [0.25, 0.3) is 0 Å². The van der Waals surface area contributed by atoms with E-state index in [1.807, 2.05) is 13.0 Å². The average molecular weight is 500 g/mol. The summed E-state index contributed by atoms with van der Waals surface area (Å²) in [7, 11) is 0. The van der Waals surface area contributed by atoms with Crippen molar-refractivity contribution in [2.24, 2.45) is 5.92 Å². The Hall–Kier alpha value is -2.45. The van der Waals surface area contributed by atoms with Crippen molar-refractivity contribution in [3.63, 3.8) is 0 Å². The molecule has 1 aromatic carbocycles. The molecule has 0 aliphatic carbocycles. The van der Waals surface area contributed by atoms with Crippen LogP contribution in [0.15, 0.2) is 40.9 Å². The van der Waals surface area contributed by atoms with E-state index in [-0.39, 0.29) is 17.9 Å². The number of hydrogen-bond donors (Lipinski definition) is 3. The number of carbonyl (C=O) groups is 2. The van der Waals surface area contributed by atoms with Crippen LogP contribution >= 0.6 is 15.9 Å². The van der Waals surface area contributed by atoms with Crippen LogP contribution in [0.4, 0.5) is 5.82 Å². The second kappa shape index (κ2) is 10.0. The average Bonchev–Trinajstić information content (AvgIpc) is 3.44.